The zero-order valence-corrected chi connectivity index (χ0v) is 12.3. The first-order chi connectivity index (χ1) is 8.38. The van der Waals surface area contributed by atoms with Gasteiger partial charge in [-0.3, -0.25) is 0 Å². The van der Waals surface area contributed by atoms with Crippen molar-refractivity contribution >= 4 is 11.3 Å². The third kappa shape index (κ3) is 2.82. The highest BCUT2D eigenvalue weighted by Crippen LogP contribution is 2.33. The third-order valence-corrected chi connectivity index (χ3v) is 4.67. The third-order valence-electron chi connectivity index (χ3n) is 3.07. The second-order valence-electron chi connectivity index (χ2n) is 5.84. The van der Waals surface area contributed by atoms with E-state index in [-0.39, 0.29) is 11.5 Å². The number of rotatable bonds is 2. The Kier molecular flexibility index (Phi) is 3.60. The van der Waals surface area contributed by atoms with Gasteiger partial charge in [-0.2, -0.15) is 0 Å². The molecule has 1 unspecified atom stereocenters. The van der Waals surface area contributed by atoms with Gasteiger partial charge in [-0.15, -0.1) is 11.3 Å². The van der Waals surface area contributed by atoms with E-state index in [0.29, 0.717) is 0 Å². The van der Waals surface area contributed by atoms with Gasteiger partial charge in [0.05, 0.1) is 6.04 Å². The van der Waals surface area contributed by atoms with E-state index in [1.54, 1.807) is 0 Å². The van der Waals surface area contributed by atoms with Crippen LogP contribution in [0, 0.1) is 6.92 Å². The fraction of sp³-hybridized carbons (Fsp3) is 0.375. The fourth-order valence-electron chi connectivity index (χ4n) is 1.95. The van der Waals surface area contributed by atoms with E-state index in [1.807, 2.05) is 11.3 Å². The minimum Gasteiger partial charge on any atom is -0.320 e. The quantitative estimate of drug-likeness (QED) is 0.850. The van der Waals surface area contributed by atoms with Crippen LogP contribution in [0.1, 0.15) is 47.7 Å². The Balaban J connectivity index is 2.29. The molecule has 1 nitrogen and oxygen atoms in total. The molecule has 0 radical (unpaired) electrons. The topological polar surface area (TPSA) is 26.0 Å². The Hall–Kier alpha value is -1.12. The van der Waals surface area contributed by atoms with Gasteiger partial charge in [0.1, 0.15) is 0 Å². The molecule has 1 heterocycles. The van der Waals surface area contributed by atoms with Gasteiger partial charge in [0.15, 0.2) is 0 Å². The zero-order valence-electron chi connectivity index (χ0n) is 11.5. The van der Waals surface area contributed by atoms with E-state index < -0.39 is 0 Å². The summed E-state index contributed by atoms with van der Waals surface area (Å²) >= 11 is 1.82. The second-order valence-corrected chi connectivity index (χ2v) is 6.96. The normalized spacial score (nSPS) is 13.6. The second kappa shape index (κ2) is 4.87. The fourth-order valence-corrected chi connectivity index (χ4v) is 3.05. The Labute approximate surface area is 114 Å². The summed E-state index contributed by atoms with van der Waals surface area (Å²) in [5.74, 6) is 0. The molecule has 1 atom stereocenters. The van der Waals surface area contributed by atoms with Crippen molar-refractivity contribution in [3.05, 3.63) is 57.3 Å². The smallest absolute Gasteiger partial charge is 0.0646 e. The lowest BCUT2D eigenvalue weighted by Gasteiger charge is -2.16. The highest BCUT2D eigenvalue weighted by molar-refractivity contribution is 7.12. The maximum absolute atomic E-state index is 6.35. The van der Waals surface area contributed by atoms with Crippen molar-refractivity contribution in [2.45, 2.75) is 39.2 Å². The zero-order chi connectivity index (χ0) is 13.3. The summed E-state index contributed by atoms with van der Waals surface area (Å²) in [6, 6.07) is 12.8. The molecule has 1 aromatic heterocycles. The molecule has 18 heavy (non-hydrogen) atoms. The van der Waals surface area contributed by atoms with Crippen LogP contribution in [-0.4, -0.2) is 0 Å². The van der Waals surface area contributed by atoms with Crippen molar-refractivity contribution in [2.24, 2.45) is 5.73 Å². The molecule has 0 saturated heterocycles. The van der Waals surface area contributed by atoms with E-state index in [4.69, 9.17) is 5.73 Å². The molecule has 0 fully saturated rings. The van der Waals surface area contributed by atoms with Gasteiger partial charge in [-0.25, -0.2) is 0 Å². The molecule has 2 heteroatoms. The van der Waals surface area contributed by atoms with Crippen LogP contribution < -0.4 is 5.73 Å². The Morgan fingerprint density at radius 3 is 2.39 bits per heavy atom. The Morgan fingerprint density at radius 2 is 1.83 bits per heavy atom. The number of hydrogen-bond donors (Lipinski definition) is 1. The maximum Gasteiger partial charge on any atom is 0.0646 e. The standard InChI is InChI=1S/C16H21NS/c1-11-6-5-7-12(10-11)15(17)13-8-9-14(18-13)16(2,3)4/h5-10,15H,17H2,1-4H3. The van der Waals surface area contributed by atoms with Crippen molar-refractivity contribution in [3.8, 4) is 0 Å². The van der Waals surface area contributed by atoms with Gasteiger partial charge in [0.25, 0.3) is 0 Å². The van der Waals surface area contributed by atoms with Crippen molar-refractivity contribution in [1.82, 2.24) is 0 Å². The first kappa shape index (κ1) is 13.3. The van der Waals surface area contributed by atoms with Crippen LogP contribution in [0.2, 0.25) is 0 Å². The SMILES string of the molecule is Cc1cccc(C(N)c2ccc(C(C)(C)C)s2)c1. The molecule has 1 aromatic carbocycles. The van der Waals surface area contributed by atoms with E-state index in [9.17, 15) is 0 Å². The molecular formula is C16H21NS. The minimum atomic E-state index is -0.00833. The number of hydrogen-bond acceptors (Lipinski definition) is 2. The van der Waals surface area contributed by atoms with Gasteiger partial charge in [-0.1, -0.05) is 50.6 Å². The van der Waals surface area contributed by atoms with Crippen LogP contribution in [0.15, 0.2) is 36.4 Å². The first-order valence-corrected chi connectivity index (χ1v) is 7.12. The van der Waals surface area contributed by atoms with Gasteiger partial charge in [-0.05, 0) is 30.0 Å². The Morgan fingerprint density at radius 1 is 1.11 bits per heavy atom. The molecule has 2 aromatic rings. The van der Waals surface area contributed by atoms with Crippen molar-refractivity contribution in [1.29, 1.82) is 0 Å². The van der Waals surface area contributed by atoms with E-state index in [1.165, 1.54) is 20.9 Å². The molecular weight excluding hydrogens is 238 g/mol. The molecule has 0 aliphatic heterocycles. The average molecular weight is 259 g/mol. The number of nitrogens with two attached hydrogens (primary N) is 1. The number of thiophene rings is 1. The molecule has 0 aliphatic rings. The van der Waals surface area contributed by atoms with Gasteiger partial charge < -0.3 is 5.73 Å². The molecule has 0 amide bonds. The van der Waals surface area contributed by atoms with E-state index >= 15 is 0 Å². The minimum absolute atomic E-state index is 0.00833. The van der Waals surface area contributed by atoms with Crippen LogP contribution in [-0.2, 0) is 5.41 Å². The van der Waals surface area contributed by atoms with Crippen molar-refractivity contribution < 1.29 is 0 Å². The molecule has 0 saturated carbocycles. The lowest BCUT2D eigenvalue weighted by Crippen LogP contribution is -2.10. The molecule has 2 N–H and O–H groups in total. The molecule has 0 bridgehead atoms. The van der Waals surface area contributed by atoms with Crippen LogP contribution in [0.3, 0.4) is 0 Å². The number of aryl methyl sites for hydroxylation is 1. The first-order valence-electron chi connectivity index (χ1n) is 6.30. The summed E-state index contributed by atoms with van der Waals surface area (Å²) in [6.07, 6.45) is 0. The van der Waals surface area contributed by atoms with E-state index in [2.05, 4.69) is 64.1 Å². The van der Waals surface area contributed by atoms with Crippen LogP contribution in [0.5, 0.6) is 0 Å². The summed E-state index contributed by atoms with van der Waals surface area (Å²) in [4.78, 5) is 2.63. The van der Waals surface area contributed by atoms with Crippen LogP contribution in [0.4, 0.5) is 0 Å². The Bertz CT molecular complexity index is 534. The maximum atomic E-state index is 6.35. The van der Waals surface area contributed by atoms with Crippen molar-refractivity contribution in [3.63, 3.8) is 0 Å². The largest absolute Gasteiger partial charge is 0.320 e. The van der Waals surface area contributed by atoms with Crippen LogP contribution in [0.25, 0.3) is 0 Å². The molecule has 0 aliphatic carbocycles. The van der Waals surface area contributed by atoms with Gasteiger partial charge >= 0.3 is 0 Å². The summed E-state index contributed by atoms with van der Waals surface area (Å²) in [6.45, 7) is 8.81. The monoisotopic (exact) mass is 259 g/mol. The highest BCUT2D eigenvalue weighted by atomic mass is 32.1. The van der Waals surface area contributed by atoms with E-state index in [0.717, 1.165) is 0 Å². The molecule has 0 spiro atoms. The number of benzene rings is 1. The molecule has 96 valence electrons. The van der Waals surface area contributed by atoms with Crippen molar-refractivity contribution in [2.75, 3.05) is 0 Å². The predicted molar refractivity (Wildman–Crippen MR) is 80.2 cm³/mol. The van der Waals surface area contributed by atoms with Crippen LogP contribution >= 0.6 is 11.3 Å². The highest BCUT2D eigenvalue weighted by Gasteiger charge is 2.18. The summed E-state index contributed by atoms with van der Waals surface area (Å²) in [5, 5.41) is 0. The predicted octanol–water partition coefficient (Wildman–Crippen LogP) is 4.40. The lowest BCUT2D eigenvalue weighted by atomic mass is 9.95. The average Bonchev–Trinajstić information content (AvgIpc) is 2.77. The summed E-state index contributed by atoms with van der Waals surface area (Å²) in [7, 11) is 0. The lowest BCUT2D eigenvalue weighted by molar-refractivity contribution is 0.604. The molecule has 2 rings (SSSR count). The summed E-state index contributed by atoms with van der Waals surface area (Å²) in [5.41, 5.74) is 9.01. The summed E-state index contributed by atoms with van der Waals surface area (Å²) < 4.78 is 0. The van der Waals surface area contributed by atoms with Gasteiger partial charge in [0.2, 0.25) is 0 Å². The van der Waals surface area contributed by atoms with Gasteiger partial charge in [0, 0.05) is 9.75 Å².